The van der Waals surface area contributed by atoms with E-state index in [-0.39, 0.29) is 29.8 Å². The number of benzene rings is 3. The third kappa shape index (κ3) is 2.95. The number of halogens is 2. The molecule has 3 aromatic carbocycles. The summed E-state index contributed by atoms with van der Waals surface area (Å²) in [5.41, 5.74) is -0.457. The van der Waals surface area contributed by atoms with E-state index in [4.69, 9.17) is 0 Å². The number of aromatic nitrogens is 4. The van der Waals surface area contributed by atoms with Gasteiger partial charge in [0.25, 0.3) is 5.56 Å². The van der Waals surface area contributed by atoms with Gasteiger partial charge in [-0.1, -0.05) is 42.5 Å². The predicted octanol–water partition coefficient (Wildman–Crippen LogP) is 3.85. The number of hydrogen-bond acceptors (Lipinski definition) is 3. The van der Waals surface area contributed by atoms with Crippen molar-refractivity contribution in [1.82, 2.24) is 18.7 Å². The second-order valence-electron chi connectivity index (χ2n) is 7.41. The van der Waals surface area contributed by atoms with E-state index in [1.165, 1.54) is 21.5 Å². The molecule has 5 aromatic rings. The van der Waals surface area contributed by atoms with E-state index < -0.39 is 22.9 Å². The molecule has 0 aliphatic heterocycles. The highest BCUT2D eigenvalue weighted by molar-refractivity contribution is 5.91. The minimum Gasteiger partial charge on any atom is -0.320 e. The molecule has 0 radical (unpaired) electrons. The summed E-state index contributed by atoms with van der Waals surface area (Å²) in [4.78, 5) is 30.8. The van der Waals surface area contributed by atoms with E-state index in [0.717, 1.165) is 27.5 Å². The lowest BCUT2D eigenvalue weighted by molar-refractivity contribution is 0.546. The molecular formula is C24H18F2N4O2. The number of rotatable bonds is 4. The molecule has 0 spiro atoms. The van der Waals surface area contributed by atoms with Gasteiger partial charge < -0.3 is 4.57 Å². The highest BCUT2D eigenvalue weighted by Crippen LogP contribution is 2.24. The molecule has 0 bridgehead atoms. The Morgan fingerprint density at radius 3 is 2.34 bits per heavy atom. The fourth-order valence-electron chi connectivity index (χ4n) is 4.05. The summed E-state index contributed by atoms with van der Waals surface area (Å²) >= 11 is 0. The summed E-state index contributed by atoms with van der Waals surface area (Å²) in [6, 6.07) is 16.7. The third-order valence-corrected chi connectivity index (χ3v) is 5.61. The van der Waals surface area contributed by atoms with E-state index in [1.54, 1.807) is 13.0 Å². The van der Waals surface area contributed by atoms with Gasteiger partial charge in [0.15, 0.2) is 11.2 Å². The summed E-state index contributed by atoms with van der Waals surface area (Å²) in [7, 11) is 0. The van der Waals surface area contributed by atoms with Crippen molar-refractivity contribution in [3.05, 3.63) is 105 Å². The number of imidazole rings is 1. The first-order valence-electron chi connectivity index (χ1n) is 10.1. The van der Waals surface area contributed by atoms with Gasteiger partial charge in [-0.3, -0.25) is 9.36 Å². The van der Waals surface area contributed by atoms with Crippen LogP contribution in [0.4, 0.5) is 8.78 Å². The predicted molar refractivity (Wildman–Crippen MR) is 118 cm³/mol. The van der Waals surface area contributed by atoms with E-state index in [9.17, 15) is 18.4 Å². The van der Waals surface area contributed by atoms with Crippen molar-refractivity contribution in [3.8, 4) is 5.69 Å². The first-order chi connectivity index (χ1) is 15.5. The molecule has 0 saturated carbocycles. The minimum atomic E-state index is -0.718. The van der Waals surface area contributed by atoms with E-state index >= 15 is 0 Å². The van der Waals surface area contributed by atoms with E-state index in [2.05, 4.69) is 4.98 Å². The number of nitrogens with zero attached hydrogens (tertiary/aromatic N) is 4. The summed E-state index contributed by atoms with van der Waals surface area (Å²) in [6.07, 6.45) is 1.33. The molecule has 0 aliphatic rings. The summed E-state index contributed by atoms with van der Waals surface area (Å²) < 4.78 is 32.4. The van der Waals surface area contributed by atoms with Crippen LogP contribution < -0.4 is 11.2 Å². The molecule has 5 rings (SSSR count). The zero-order chi connectivity index (χ0) is 22.4. The molecule has 0 saturated heterocycles. The van der Waals surface area contributed by atoms with Crippen LogP contribution in [0.15, 0.2) is 76.6 Å². The van der Waals surface area contributed by atoms with Gasteiger partial charge in [0.05, 0.1) is 18.6 Å². The molecule has 2 heterocycles. The smallest absolute Gasteiger partial charge is 0.320 e. The highest BCUT2D eigenvalue weighted by Gasteiger charge is 2.21. The topological polar surface area (TPSA) is 61.8 Å². The van der Waals surface area contributed by atoms with Crippen LogP contribution >= 0.6 is 0 Å². The van der Waals surface area contributed by atoms with Crippen molar-refractivity contribution < 1.29 is 8.78 Å². The zero-order valence-corrected chi connectivity index (χ0v) is 17.1. The van der Waals surface area contributed by atoms with Crippen molar-refractivity contribution >= 4 is 21.9 Å². The van der Waals surface area contributed by atoms with Crippen LogP contribution in [0.5, 0.6) is 0 Å². The van der Waals surface area contributed by atoms with Crippen molar-refractivity contribution in [2.24, 2.45) is 0 Å². The minimum absolute atomic E-state index is 0.0991. The van der Waals surface area contributed by atoms with Gasteiger partial charge in [-0.2, -0.15) is 0 Å². The second-order valence-corrected chi connectivity index (χ2v) is 7.41. The first kappa shape index (κ1) is 19.9. The normalized spacial score (nSPS) is 11.5. The van der Waals surface area contributed by atoms with E-state index in [0.29, 0.717) is 5.69 Å². The van der Waals surface area contributed by atoms with Gasteiger partial charge >= 0.3 is 5.69 Å². The lowest BCUT2D eigenvalue weighted by atomic mass is 10.1. The van der Waals surface area contributed by atoms with Gasteiger partial charge in [0.1, 0.15) is 11.6 Å². The summed E-state index contributed by atoms with van der Waals surface area (Å²) in [5.74, 6) is -1.44. The quantitative estimate of drug-likeness (QED) is 0.434. The Kier molecular flexibility index (Phi) is 4.70. The van der Waals surface area contributed by atoms with Gasteiger partial charge in [0, 0.05) is 17.5 Å². The Bertz CT molecular complexity index is 1590. The lowest BCUT2D eigenvalue weighted by Gasteiger charge is -2.14. The molecule has 0 N–H and O–H groups in total. The van der Waals surface area contributed by atoms with Crippen molar-refractivity contribution in [3.63, 3.8) is 0 Å². The molecule has 0 fully saturated rings. The van der Waals surface area contributed by atoms with Crippen LogP contribution in [0.25, 0.3) is 27.6 Å². The Hall–Kier alpha value is -4.07. The average Bonchev–Trinajstić information content (AvgIpc) is 3.20. The molecule has 6 nitrogen and oxygen atoms in total. The average molecular weight is 432 g/mol. The molecule has 32 heavy (non-hydrogen) atoms. The highest BCUT2D eigenvalue weighted by atomic mass is 19.1. The monoisotopic (exact) mass is 432 g/mol. The fourth-order valence-corrected chi connectivity index (χ4v) is 4.05. The van der Waals surface area contributed by atoms with E-state index in [1.807, 2.05) is 36.4 Å². The van der Waals surface area contributed by atoms with Crippen LogP contribution in [0.2, 0.25) is 0 Å². The third-order valence-electron chi connectivity index (χ3n) is 5.61. The maximum atomic E-state index is 14.3. The maximum Gasteiger partial charge on any atom is 0.337 e. The standard InChI is InChI=1S/C24H18F2N4O2/c1-2-29-23(31)21-22(27-14-28(21)13-17-18(25)10-6-11-19(17)26)30(24(29)32)20-12-5-8-15-7-3-4-9-16(15)20/h3-12,14H,2,13H2,1H3. The van der Waals surface area contributed by atoms with Crippen LogP contribution in [-0.4, -0.2) is 18.7 Å². The van der Waals surface area contributed by atoms with Gasteiger partial charge in [0.2, 0.25) is 0 Å². The van der Waals surface area contributed by atoms with Crippen molar-refractivity contribution in [1.29, 1.82) is 0 Å². The van der Waals surface area contributed by atoms with Crippen molar-refractivity contribution in [2.75, 3.05) is 0 Å². The Labute approximate surface area is 180 Å². The molecular weight excluding hydrogens is 414 g/mol. The number of fused-ring (bicyclic) bond motifs is 2. The first-order valence-corrected chi connectivity index (χ1v) is 10.1. The fraction of sp³-hybridized carbons (Fsp3) is 0.125. The van der Waals surface area contributed by atoms with Crippen LogP contribution in [0.3, 0.4) is 0 Å². The SMILES string of the molecule is CCn1c(=O)c2c(ncn2Cc2c(F)cccc2F)n(-c2cccc3ccccc23)c1=O. The van der Waals surface area contributed by atoms with Crippen molar-refractivity contribution in [2.45, 2.75) is 20.0 Å². The van der Waals surface area contributed by atoms with Gasteiger partial charge in [-0.05, 0) is 30.5 Å². The van der Waals surface area contributed by atoms with Crippen LogP contribution in [0.1, 0.15) is 12.5 Å². The Balaban J connectivity index is 1.84. The van der Waals surface area contributed by atoms with Gasteiger partial charge in [-0.15, -0.1) is 0 Å². The summed E-state index contributed by atoms with van der Waals surface area (Å²) in [6.45, 7) is 1.60. The molecule has 2 aromatic heterocycles. The Morgan fingerprint density at radius 2 is 1.59 bits per heavy atom. The lowest BCUT2D eigenvalue weighted by Crippen LogP contribution is -2.39. The number of hydrogen-bond donors (Lipinski definition) is 0. The molecule has 0 atom stereocenters. The molecule has 0 amide bonds. The molecule has 0 unspecified atom stereocenters. The molecule has 0 aliphatic carbocycles. The molecule has 8 heteroatoms. The second kappa shape index (κ2) is 7.56. The maximum absolute atomic E-state index is 14.3. The molecule has 160 valence electrons. The zero-order valence-electron chi connectivity index (χ0n) is 17.1. The van der Waals surface area contributed by atoms with Gasteiger partial charge in [-0.25, -0.2) is 23.1 Å². The largest absolute Gasteiger partial charge is 0.337 e. The van der Waals surface area contributed by atoms with Crippen LogP contribution in [-0.2, 0) is 13.1 Å². The summed E-state index contributed by atoms with van der Waals surface area (Å²) in [5, 5.41) is 1.74. The Morgan fingerprint density at radius 1 is 0.906 bits per heavy atom. The van der Waals surface area contributed by atoms with Crippen LogP contribution in [0, 0.1) is 11.6 Å².